The molecule has 2 N–H and O–H groups in total. The van der Waals surface area contributed by atoms with Crippen molar-refractivity contribution in [1.82, 2.24) is 10.6 Å². The van der Waals surface area contributed by atoms with Gasteiger partial charge in [-0.2, -0.15) is 0 Å². The summed E-state index contributed by atoms with van der Waals surface area (Å²) in [5.74, 6) is 0.610. The van der Waals surface area contributed by atoms with Gasteiger partial charge in [0.05, 0.1) is 0 Å². The van der Waals surface area contributed by atoms with E-state index < -0.39 is 0 Å². The van der Waals surface area contributed by atoms with E-state index in [4.69, 9.17) is 4.74 Å². The van der Waals surface area contributed by atoms with E-state index >= 15 is 0 Å². The van der Waals surface area contributed by atoms with E-state index in [1.54, 1.807) is 20.2 Å². The molecule has 148 valence electrons. The van der Waals surface area contributed by atoms with Gasteiger partial charge in [0.25, 0.3) is 0 Å². The van der Waals surface area contributed by atoms with Crippen LogP contribution in [0.15, 0.2) is 29.3 Å². The van der Waals surface area contributed by atoms with Crippen LogP contribution in [-0.4, -0.2) is 39.8 Å². The van der Waals surface area contributed by atoms with Crippen molar-refractivity contribution in [3.63, 3.8) is 0 Å². The molecule has 0 heterocycles. The van der Waals surface area contributed by atoms with Crippen molar-refractivity contribution in [2.24, 2.45) is 10.4 Å². The van der Waals surface area contributed by atoms with Crippen LogP contribution in [0, 0.1) is 11.2 Å². The van der Waals surface area contributed by atoms with Gasteiger partial charge >= 0.3 is 0 Å². The highest BCUT2D eigenvalue weighted by molar-refractivity contribution is 14.0. The summed E-state index contributed by atoms with van der Waals surface area (Å²) in [5.41, 5.74) is 0.718. The Morgan fingerprint density at radius 3 is 2.50 bits per heavy atom. The molecule has 1 fully saturated rings. The van der Waals surface area contributed by atoms with Crippen LogP contribution in [-0.2, 0) is 10.2 Å². The van der Waals surface area contributed by atoms with Crippen molar-refractivity contribution in [3.8, 4) is 0 Å². The van der Waals surface area contributed by atoms with Gasteiger partial charge in [0.1, 0.15) is 5.82 Å². The third-order valence-corrected chi connectivity index (χ3v) is 5.41. The summed E-state index contributed by atoms with van der Waals surface area (Å²) >= 11 is 0. The molecule has 1 aromatic rings. The molecule has 1 aliphatic carbocycles. The number of rotatable bonds is 8. The summed E-state index contributed by atoms with van der Waals surface area (Å²) in [4.78, 5) is 4.32. The molecule has 26 heavy (non-hydrogen) atoms. The first-order valence-electron chi connectivity index (χ1n) is 9.11. The summed E-state index contributed by atoms with van der Waals surface area (Å²) in [5, 5.41) is 6.80. The molecule has 1 aliphatic rings. The second-order valence-electron chi connectivity index (χ2n) is 7.74. The Hall–Kier alpha value is -0.890. The lowest BCUT2D eigenvalue weighted by molar-refractivity contribution is 0.0732. The number of nitrogens with one attached hydrogen (secondary N) is 2. The largest absolute Gasteiger partial charge is 0.385 e. The van der Waals surface area contributed by atoms with Crippen molar-refractivity contribution in [1.29, 1.82) is 0 Å². The predicted molar refractivity (Wildman–Crippen MR) is 117 cm³/mol. The second kappa shape index (κ2) is 10.4. The normalized spacial score (nSPS) is 16.4. The molecule has 0 amide bonds. The highest BCUT2D eigenvalue weighted by Crippen LogP contribution is 2.43. The molecule has 0 atom stereocenters. The lowest BCUT2D eigenvalue weighted by Crippen LogP contribution is -2.49. The topological polar surface area (TPSA) is 45.7 Å². The van der Waals surface area contributed by atoms with E-state index in [1.165, 1.54) is 25.3 Å². The summed E-state index contributed by atoms with van der Waals surface area (Å²) in [6.45, 7) is 6.39. The van der Waals surface area contributed by atoms with Crippen LogP contribution >= 0.6 is 24.0 Å². The zero-order chi connectivity index (χ0) is 18.3. The average molecular weight is 477 g/mol. The molecular weight excluding hydrogens is 444 g/mol. The second-order valence-corrected chi connectivity index (χ2v) is 7.74. The number of methoxy groups -OCH3 is 1. The predicted octanol–water partition coefficient (Wildman–Crippen LogP) is 4.09. The third kappa shape index (κ3) is 6.08. The maximum Gasteiger partial charge on any atom is 0.191 e. The number of hydrogen-bond donors (Lipinski definition) is 2. The van der Waals surface area contributed by atoms with Gasteiger partial charge in [-0.15, -0.1) is 24.0 Å². The maximum absolute atomic E-state index is 14.1. The van der Waals surface area contributed by atoms with Crippen molar-refractivity contribution >= 4 is 29.9 Å². The SMILES string of the molecule is CN=C(NCC1(CCOC)CCC1)NCC(C)(C)c1ccccc1F.I. The summed E-state index contributed by atoms with van der Waals surface area (Å²) in [6.07, 6.45) is 4.84. The number of guanidine groups is 1. The van der Waals surface area contributed by atoms with Crippen LogP contribution in [0.4, 0.5) is 4.39 Å². The van der Waals surface area contributed by atoms with Gasteiger partial charge in [0.15, 0.2) is 5.96 Å². The number of ether oxygens (including phenoxy) is 1. The van der Waals surface area contributed by atoms with Crippen LogP contribution in [0.25, 0.3) is 0 Å². The van der Waals surface area contributed by atoms with Crippen molar-refractivity contribution in [2.45, 2.75) is 44.9 Å². The van der Waals surface area contributed by atoms with Gasteiger partial charge in [-0.3, -0.25) is 4.99 Å². The number of hydrogen-bond acceptors (Lipinski definition) is 2. The van der Waals surface area contributed by atoms with E-state index in [-0.39, 0.29) is 35.2 Å². The van der Waals surface area contributed by atoms with E-state index in [2.05, 4.69) is 15.6 Å². The Kier molecular flexibility index (Phi) is 9.30. The molecule has 2 rings (SSSR count). The lowest BCUT2D eigenvalue weighted by atomic mass is 9.67. The smallest absolute Gasteiger partial charge is 0.191 e. The average Bonchev–Trinajstić information content (AvgIpc) is 2.56. The first kappa shape index (κ1) is 23.1. The zero-order valence-electron chi connectivity index (χ0n) is 16.4. The van der Waals surface area contributed by atoms with E-state index in [9.17, 15) is 4.39 Å². The van der Waals surface area contributed by atoms with Gasteiger partial charge in [-0.05, 0) is 36.3 Å². The summed E-state index contributed by atoms with van der Waals surface area (Å²) in [6, 6.07) is 6.96. The fourth-order valence-electron chi connectivity index (χ4n) is 3.41. The van der Waals surface area contributed by atoms with Gasteiger partial charge in [-0.1, -0.05) is 38.5 Å². The van der Waals surface area contributed by atoms with Crippen LogP contribution in [0.3, 0.4) is 0 Å². The van der Waals surface area contributed by atoms with E-state index in [0.717, 1.165) is 25.5 Å². The molecule has 0 unspecified atom stereocenters. The molecule has 1 saturated carbocycles. The number of nitrogens with zero attached hydrogens (tertiary/aromatic N) is 1. The van der Waals surface area contributed by atoms with Gasteiger partial charge in [-0.25, -0.2) is 4.39 Å². The van der Waals surface area contributed by atoms with Crippen LogP contribution in [0.2, 0.25) is 0 Å². The molecule has 0 radical (unpaired) electrons. The highest BCUT2D eigenvalue weighted by Gasteiger charge is 2.36. The van der Waals surface area contributed by atoms with Crippen molar-refractivity contribution in [3.05, 3.63) is 35.6 Å². The summed E-state index contributed by atoms with van der Waals surface area (Å²) < 4.78 is 19.3. The Morgan fingerprint density at radius 2 is 1.96 bits per heavy atom. The number of benzene rings is 1. The van der Waals surface area contributed by atoms with Crippen LogP contribution in [0.5, 0.6) is 0 Å². The first-order chi connectivity index (χ1) is 11.9. The molecule has 4 nitrogen and oxygen atoms in total. The third-order valence-electron chi connectivity index (χ3n) is 5.41. The molecule has 0 saturated heterocycles. The van der Waals surface area contributed by atoms with Gasteiger partial charge in [0, 0.05) is 39.3 Å². The van der Waals surface area contributed by atoms with E-state index in [0.29, 0.717) is 17.5 Å². The minimum Gasteiger partial charge on any atom is -0.385 e. The quantitative estimate of drug-likeness (QED) is 0.337. The molecule has 1 aromatic carbocycles. The Morgan fingerprint density at radius 1 is 1.27 bits per heavy atom. The van der Waals surface area contributed by atoms with Gasteiger partial charge in [0.2, 0.25) is 0 Å². The molecule has 0 aromatic heterocycles. The van der Waals surface area contributed by atoms with Crippen molar-refractivity contribution < 1.29 is 9.13 Å². The Labute approximate surface area is 174 Å². The van der Waals surface area contributed by atoms with Crippen molar-refractivity contribution in [2.75, 3.05) is 33.9 Å². The van der Waals surface area contributed by atoms with Gasteiger partial charge < -0.3 is 15.4 Å². The maximum atomic E-state index is 14.1. The highest BCUT2D eigenvalue weighted by atomic mass is 127. The standard InChI is InChI=1S/C20H32FN3O.HI/c1-19(2,16-8-5-6-9-17(16)21)14-23-18(22-3)24-15-20(10-7-11-20)12-13-25-4;/h5-6,8-9H,7,10-15H2,1-4H3,(H2,22,23,24);1H. The van der Waals surface area contributed by atoms with E-state index in [1.807, 2.05) is 26.0 Å². The van der Waals surface area contributed by atoms with Crippen LogP contribution in [0.1, 0.15) is 45.1 Å². The number of aliphatic imine (C=N–C) groups is 1. The molecule has 6 heteroatoms. The molecule has 0 bridgehead atoms. The Bertz CT molecular complexity index is 588. The fourth-order valence-corrected chi connectivity index (χ4v) is 3.41. The minimum atomic E-state index is -0.326. The zero-order valence-corrected chi connectivity index (χ0v) is 18.7. The van der Waals surface area contributed by atoms with Crippen LogP contribution < -0.4 is 10.6 Å². The fraction of sp³-hybridized carbons (Fsp3) is 0.650. The minimum absolute atomic E-state index is 0. The monoisotopic (exact) mass is 477 g/mol. The summed E-state index contributed by atoms with van der Waals surface area (Å²) in [7, 11) is 3.53. The molecular formula is C20H33FIN3O. The lowest BCUT2D eigenvalue weighted by Gasteiger charge is -2.42. The number of halogens is 2. The molecule has 0 aliphatic heterocycles. The Balaban J connectivity index is 0.00000338. The molecule has 0 spiro atoms. The first-order valence-corrected chi connectivity index (χ1v) is 9.11.